The summed E-state index contributed by atoms with van der Waals surface area (Å²) in [5.74, 6) is 0. The Morgan fingerprint density at radius 2 is 1.27 bits per heavy atom. The fourth-order valence-electron chi connectivity index (χ4n) is 4.25. The second-order valence-electron chi connectivity index (χ2n) is 10.8. The Labute approximate surface area is 251 Å². The second kappa shape index (κ2) is 28.2. The van der Waals surface area contributed by atoms with E-state index in [9.17, 15) is 4.79 Å². The van der Waals surface area contributed by atoms with Crippen molar-refractivity contribution in [3.63, 3.8) is 0 Å². The van der Waals surface area contributed by atoms with Gasteiger partial charge in [-0.05, 0) is 24.8 Å². The third kappa shape index (κ3) is 34.1. The summed E-state index contributed by atoms with van der Waals surface area (Å²) < 4.78 is 40.3. The number of pyridine rings is 1. The molecule has 0 aliphatic carbocycles. The van der Waals surface area contributed by atoms with Gasteiger partial charge in [-0.3, -0.25) is 0 Å². The van der Waals surface area contributed by atoms with E-state index in [4.69, 9.17) is 22.4 Å². The Kier molecular flexibility index (Phi) is 26.8. The molecule has 1 aromatic rings. The van der Waals surface area contributed by atoms with Crippen LogP contribution in [0.3, 0.4) is 0 Å². The Morgan fingerprint density at radius 1 is 0.780 bits per heavy atom. The van der Waals surface area contributed by atoms with Gasteiger partial charge in [0.15, 0.2) is 12.4 Å². The van der Waals surface area contributed by atoms with E-state index in [0.717, 1.165) is 38.0 Å². The van der Waals surface area contributed by atoms with Gasteiger partial charge in [-0.1, -0.05) is 103 Å². The average Bonchev–Trinajstić information content (AvgIpc) is 2.93. The Hall–Kier alpha value is -1.97. The molecular formula is C32H58N2O6S. The van der Waals surface area contributed by atoms with Gasteiger partial charge < -0.3 is 19.3 Å². The Bertz CT molecular complexity index is 841. The zero-order valence-electron chi connectivity index (χ0n) is 26.0. The number of carbonyl (C=O) groups is 1. The summed E-state index contributed by atoms with van der Waals surface area (Å²) in [7, 11) is -3.92. The topological polar surface area (TPSA) is 109 Å². The molecule has 0 unspecified atom stereocenters. The molecule has 0 saturated heterocycles. The summed E-state index contributed by atoms with van der Waals surface area (Å²) in [6.45, 7) is 9.37. The monoisotopic (exact) mass is 598 g/mol. The van der Waals surface area contributed by atoms with Crippen LogP contribution in [0.5, 0.6) is 0 Å². The quantitative estimate of drug-likeness (QED) is 0.0557. The molecule has 8 nitrogen and oxygen atoms in total. The average molecular weight is 599 g/mol. The maximum absolute atomic E-state index is 11.8. The molecule has 9 heteroatoms. The van der Waals surface area contributed by atoms with E-state index in [1.807, 2.05) is 6.07 Å². The van der Waals surface area contributed by atoms with Gasteiger partial charge in [0.1, 0.15) is 13.2 Å². The van der Waals surface area contributed by atoms with Gasteiger partial charge in [0.05, 0.1) is 16.7 Å². The number of carbonyl (C=O) groups excluding carboxylic acids is 1. The van der Waals surface area contributed by atoms with Crippen LogP contribution in [0.15, 0.2) is 42.7 Å². The zero-order valence-corrected chi connectivity index (χ0v) is 26.8. The lowest BCUT2D eigenvalue weighted by molar-refractivity contribution is -0.697. The molecule has 1 heterocycles. The molecule has 0 aliphatic rings. The lowest BCUT2D eigenvalue weighted by atomic mass is 10.0. The van der Waals surface area contributed by atoms with E-state index in [1.165, 1.54) is 89.9 Å². The third-order valence-corrected chi connectivity index (χ3v) is 6.50. The Morgan fingerprint density at radius 3 is 1.83 bits per heavy atom. The maximum atomic E-state index is 11.8. The second-order valence-corrected chi connectivity index (χ2v) is 12.2. The van der Waals surface area contributed by atoms with Crippen molar-refractivity contribution >= 4 is 16.2 Å². The number of aryl methyl sites for hydroxylation is 1. The van der Waals surface area contributed by atoms with Crippen LogP contribution in [0.2, 0.25) is 0 Å². The lowest BCUT2D eigenvalue weighted by Crippen LogP contribution is -2.32. The van der Waals surface area contributed by atoms with Crippen LogP contribution >= 0.6 is 0 Å². The molecule has 1 rings (SSSR count). The van der Waals surface area contributed by atoms with E-state index in [-0.39, 0.29) is 12.7 Å². The molecule has 0 aliphatic heterocycles. The van der Waals surface area contributed by atoms with Crippen molar-refractivity contribution in [3.8, 4) is 0 Å². The molecule has 41 heavy (non-hydrogen) atoms. The van der Waals surface area contributed by atoms with Crippen molar-refractivity contribution in [2.45, 2.75) is 123 Å². The van der Waals surface area contributed by atoms with Gasteiger partial charge in [-0.25, -0.2) is 17.8 Å². The van der Waals surface area contributed by atoms with Crippen LogP contribution in [-0.2, 0) is 26.1 Å². The van der Waals surface area contributed by atoms with Crippen molar-refractivity contribution in [2.24, 2.45) is 0 Å². The molecule has 0 aromatic carbocycles. The first-order valence-corrected chi connectivity index (χ1v) is 17.5. The highest BCUT2D eigenvalue weighted by Crippen LogP contribution is 2.12. The van der Waals surface area contributed by atoms with E-state index < -0.39 is 10.1 Å². The highest BCUT2D eigenvalue weighted by atomic mass is 32.2. The smallest absolute Gasteiger partial charge is 0.407 e. The first kappa shape index (κ1) is 39.0. The molecule has 238 valence electrons. The van der Waals surface area contributed by atoms with Crippen molar-refractivity contribution in [1.82, 2.24) is 5.32 Å². The summed E-state index contributed by atoms with van der Waals surface area (Å²) in [6.07, 6.45) is 26.3. The van der Waals surface area contributed by atoms with Crippen molar-refractivity contribution in [2.75, 3.05) is 32.6 Å². The number of rotatable bonds is 25. The fourth-order valence-corrected chi connectivity index (χ4v) is 4.25. The minimum atomic E-state index is -3.92. The SMILES string of the molecule is C=C(COCCCCCC[n+]1ccccc1)COC(=O)NCCCCCCCCCCCCCCC.CS(=O)(=O)[O-]. The highest BCUT2D eigenvalue weighted by molar-refractivity contribution is 7.84. The number of aromatic nitrogens is 1. The normalized spacial score (nSPS) is 11.0. The van der Waals surface area contributed by atoms with Gasteiger partial charge >= 0.3 is 6.09 Å². The van der Waals surface area contributed by atoms with E-state index >= 15 is 0 Å². The molecule has 0 radical (unpaired) electrons. The first-order valence-electron chi connectivity index (χ1n) is 15.7. The molecular weight excluding hydrogens is 540 g/mol. The summed E-state index contributed by atoms with van der Waals surface area (Å²) in [6, 6.07) is 6.17. The number of nitrogens with one attached hydrogen (secondary N) is 1. The molecule has 0 fully saturated rings. The predicted octanol–water partition coefficient (Wildman–Crippen LogP) is 7.09. The maximum Gasteiger partial charge on any atom is 0.407 e. The molecule has 0 spiro atoms. The first-order chi connectivity index (χ1) is 19.7. The fraction of sp³-hybridized carbons (Fsp3) is 0.750. The zero-order chi connectivity index (χ0) is 30.4. The highest BCUT2D eigenvalue weighted by Gasteiger charge is 2.04. The van der Waals surface area contributed by atoms with E-state index in [0.29, 0.717) is 19.4 Å². The Balaban J connectivity index is 0.00000292. The standard InChI is InChI=1S/C31H54N2O3.CH4O3S/c1-3-4-5-6-7-8-9-10-11-12-13-14-18-23-32-31(34)36-29-30(2)28-35-27-22-16-15-19-24-33-25-20-17-21-26-33;1-5(2,3)4/h17,20-21,25-26H,2-16,18-19,22-24,27-29H2,1H3;1H3,(H,2,3,4). The summed E-state index contributed by atoms with van der Waals surface area (Å²) in [5.41, 5.74) is 0.798. The van der Waals surface area contributed by atoms with Gasteiger partial charge in [0.25, 0.3) is 0 Å². The number of alkyl carbamates (subject to hydrolysis) is 1. The largest absolute Gasteiger partial charge is 0.748 e. The van der Waals surface area contributed by atoms with Crippen molar-refractivity contribution in [3.05, 3.63) is 42.7 Å². The number of hydrogen-bond donors (Lipinski definition) is 1. The van der Waals surface area contributed by atoms with Gasteiger partial charge in [0, 0.05) is 38.0 Å². The van der Waals surface area contributed by atoms with Gasteiger partial charge in [-0.2, -0.15) is 0 Å². The summed E-state index contributed by atoms with van der Waals surface area (Å²) >= 11 is 0. The summed E-state index contributed by atoms with van der Waals surface area (Å²) in [4.78, 5) is 11.8. The minimum Gasteiger partial charge on any atom is -0.748 e. The molecule has 1 aromatic heterocycles. The molecule has 1 N–H and O–H groups in total. The van der Waals surface area contributed by atoms with Crippen LogP contribution < -0.4 is 9.88 Å². The van der Waals surface area contributed by atoms with Gasteiger partial charge in [-0.15, -0.1) is 0 Å². The number of ether oxygens (including phenoxy) is 2. The molecule has 0 atom stereocenters. The predicted molar refractivity (Wildman–Crippen MR) is 166 cm³/mol. The van der Waals surface area contributed by atoms with E-state index in [2.05, 4.69) is 47.9 Å². The number of amides is 1. The van der Waals surface area contributed by atoms with Crippen LogP contribution in [0, 0.1) is 0 Å². The van der Waals surface area contributed by atoms with Gasteiger partial charge in [0.2, 0.25) is 0 Å². The van der Waals surface area contributed by atoms with Crippen molar-refractivity contribution < 1.29 is 31.8 Å². The van der Waals surface area contributed by atoms with E-state index in [1.54, 1.807) is 0 Å². The minimum absolute atomic E-state index is 0.221. The van der Waals surface area contributed by atoms with Crippen LogP contribution in [-0.4, -0.2) is 51.7 Å². The third-order valence-electron chi connectivity index (χ3n) is 6.50. The van der Waals surface area contributed by atoms with Crippen molar-refractivity contribution in [1.29, 1.82) is 0 Å². The molecule has 1 amide bonds. The number of unbranched alkanes of at least 4 members (excludes halogenated alkanes) is 15. The molecule has 0 saturated carbocycles. The lowest BCUT2D eigenvalue weighted by Gasteiger charge is -2.09. The molecule has 0 bridgehead atoms. The summed E-state index contributed by atoms with van der Waals surface area (Å²) in [5, 5.41) is 2.84. The number of nitrogens with zero attached hydrogens (tertiary/aromatic N) is 1. The number of hydrogen-bond acceptors (Lipinski definition) is 6. The van der Waals surface area contributed by atoms with Crippen LogP contribution in [0.25, 0.3) is 0 Å². The van der Waals surface area contributed by atoms with Crippen LogP contribution in [0.1, 0.15) is 116 Å². The van der Waals surface area contributed by atoms with Crippen LogP contribution in [0.4, 0.5) is 4.79 Å².